The Labute approximate surface area is 156 Å². The fourth-order valence-corrected chi connectivity index (χ4v) is 5.68. The monoisotopic (exact) mass is 392 g/mol. The highest BCUT2D eigenvalue weighted by molar-refractivity contribution is 5.22. The third-order valence-electron chi connectivity index (χ3n) is 6.89. The number of piperazine rings is 2. The Morgan fingerprint density at radius 2 is 1.62 bits per heavy atom. The van der Waals surface area contributed by atoms with Crippen molar-refractivity contribution in [1.82, 2.24) is 14.7 Å². The van der Waals surface area contributed by atoms with Crippen molar-refractivity contribution in [1.29, 1.82) is 0 Å². The Balaban J connectivity index is 0.00000146. The Kier molecular flexibility index (Phi) is 4.50. The van der Waals surface area contributed by atoms with Crippen molar-refractivity contribution >= 4 is 0 Å². The molecule has 0 amide bonds. The van der Waals surface area contributed by atoms with Gasteiger partial charge in [0.15, 0.2) is 6.17 Å². The van der Waals surface area contributed by atoms with E-state index in [0.717, 1.165) is 6.17 Å². The van der Waals surface area contributed by atoms with E-state index in [4.69, 9.17) is 0 Å². The first kappa shape index (κ1) is 17.0. The van der Waals surface area contributed by atoms with E-state index in [2.05, 4.69) is 45.9 Å². The molecule has 4 heterocycles. The van der Waals surface area contributed by atoms with Crippen LogP contribution in [-0.4, -0.2) is 90.4 Å². The van der Waals surface area contributed by atoms with Gasteiger partial charge in [0.25, 0.3) is 0 Å². The van der Waals surface area contributed by atoms with Crippen LogP contribution in [-0.2, 0) is 6.42 Å². The number of halogens is 1. The summed E-state index contributed by atoms with van der Waals surface area (Å²) in [6, 6.07) is 9.13. The van der Waals surface area contributed by atoms with Crippen LogP contribution in [0.4, 0.5) is 0 Å². The van der Waals surface area contributed by atoms with Gasteiger partial charge in [-0.1, -0.05) is 29.8 Å². The molecular weight excluding hydrogens is 364 g/mol. The number of nitrogens with zero attached hydrogens (tertiary/aromatic N) is 4. The molecule has 0 bridgehead atoms. The third-order valence-corrected chi connectivity index (χ3v) is 6.89. The largest absolute Gasteiger partial charge is 1.00 e. The van der Waals surface area contributed by atoms with E-state index in [1.807, 2.05) is 0 Å². The highest BCUT2D eigenvalue weighted by Crippen LogP contribution is 2.38. The van der Waals surface area contributed by atoms with Gasteiger partial charge in [0, 0.05) is 39.1 Å². The zero-order valence-electron chi connectivity index (χ0n) is 14.7. The van der Waals surface area contributed by atoms with E-state index in [1.165, 1.54) is 80.9 Å². The standard InChI is InChI=1S/C19H29N4.BrH/c1-16-3-2-4-17(15-16)5-12-23-13-10-21-7-6-20-8-9-22(11-14-23)19(23)18(20)21;/h2-4,15,18-19H,5-14H2,1H3;1H/q+1;/p-1. The van der Waals surface area contributed by atoms with Gasteiger partial charge in [-0.3, -0.25) is 9.80 Å². The minimum Gasteiger partial charge on any atom is -1.00 e. The fourth-order valence-electron chi connectivity index (χ4n) is 5.68. The van der Waals surface area contributed by atoms with Gasteiger partial charge in [0.2, 0.25) is 0 Å². The van der Waals surface area contributed by atoms with Crippen LogP contribution >= 0.6 is 0 Å². The van der Waals surface area contributed by atoms with Gasteiger partial charge in [-0.15, -0.1) is 0 Å². The summed E-state index contributed by atoms with van der Waals surface area (Å²) in [5.41, 5.74) is 2.92. The molecule has 5 rings (SSSR count). The molecule has 3 atom stereocenters. The minimum absolute atomic E-state index is 0. The third kappa shape index (κ3) is 2.56. The molecule has 5 heteroatoms. The van der Waals surface area contributed by atoms with Crippen molar-refractivity contribution in [3.8, 4) is 0 Å². The van der Waals surface area contributed by atoms with Gasteiger partial charge in [-0.2, -0.15) is 0 Å². The minimum atomic E-state index is 0. The average molecular weight is 393 g/mol. The SMILES string of the molecule is Cc1cccc(CC[N+]23CCN4CCN5CCN(CC2)C3C54)c1.[Br-]. The topological polar surface area (TPSA) is 9.72 Å². The molecule has 132 valence electrons. The van der Waals surface area contributed by atoms with Gasteiger partial charge in [0.1, 0.15) is 6.17 Å². The Hall–Kier alpha value is -0.460. The molecule has 0 spiro atoms. The summed E-state index contributed by atoms with van der Waals surface area (Å²) in [6.07, 6.45) is 2.68. The van der Waals surface area contributed by atoms with E-state index in [9.17, 15) is 0 Å². The molecule has 4 fully saturated rings. The number of hydrogen-bond donors (Lipinski definition) is 0. The molecule has 1 aromatic carbocycles. The van der Waals surface area contributed by atoms with Gasteiger partial charge >= 0.3 is 0 Å². The van der Waals surface area contributed by atoms with E-state index in [0.29, 0.717) is 6.17 Å². The normalized spacial score (nSPS) is 35.7. The van der Waals surface area contributed by atoms with Crippen LogP contribution in [0, 0.1) is 6.92 Å². The Morgan fingerprint density at radius 3 is 2.38 bits per heavy atom. The highest BCUT2D eigenvalue weighted by Gasteiger charge is 2.59. The maximum atomic E-state index is 2.81. The van der Waals surface area contributed by atoms with Crippen LogP contribution < -0.4 is 17.0 Å². The molecular formula is C19H29BrN4. The summed E-state index contributed by atoms with van der Waals surface area (Å²) in [4.78, 5) is 8.35. The quantitative estimate of drug-likeness (QED) is 0.549. The van der Waals surface area contributed by atoms with Crippen molar-refractivity contribution in [2.75, 3.05) is 58.9 Å². The zero-order chi connectivity index (χ0) is 15.4. The first-order valence-corrected chi connectivity index (χ1v) is 9.39. The summed E-state index contributed by atoms with van der Waals surface area (Å²) in [7, 11) is 0. The zero-order valence-corrected chi connectivity index (χ0v) is 16.3. The van der Waals surface area contributed by atoms with Crippen molar-refractivity contribution in [3.63, 3.8) is 0 Å². The molecule has 0 saturated carbocycles. The second-order valence-corrected chi connectivity index (χ2v) is 8.06. The highest BCUT2D eigenvalue weighted by atomic mass is 79.9. The van der Waals surface area contributed by atoms with Crippen LogP contribution in [0.2, 0.25) is 0 Å². The maximum absolute atomic E-state index is 2.81. The first-order valence-electron chi connectivity index (χ1n) is 9.39. The lowest BCUT2D eigenvalue weighted by molar-refractivity contribution is -0.954. The molecule has 0 radical (unpaired) electrons. The molecule has 24 heavy (non-hydrogen) atoms. The number of benzene rings is 1. The number of aryl methyl sites for hydroxylation is 1. The molecule has 4 aliphatic heterocycles. The molecule has 0 aromatic heterocycles. The van der Waals surface area contributed by atoms with Crippen LogP contribution in [0.3, 0.4) is 0 Å². The molecule has 1 aromatic rings. The Bertz CT molecular complexity index is 603. The number of quaternary nitrogens is 1. The first-order chi connectivity index (χ1) is 11.3. The van der Waals surface area contributed by atoms with Crippen LogP contribution in [0.5, 0.6) is 0 Å². The smallest absolute Gasteiger partial charge is 0.175 e. The van der Waals surface area contributed by atoms with E-state index in [1.54, 1.807) is 0 Å². The van der Waals surface area contributed by atoms with Gasteiger partial charge in [-0.05, 0) is 12.5 Å². The molecule has 3 unspecified atom stereocenters. The lowest BCUT2D eigenvalue weighted by atomic mass is 10.1. The fraction of sp³-hybridized carbons (Fsp3) is 0.684. The predicted octanol–water partition coefficient (Wildman–Crippen LogP) is -2.03. The molecule has 0 aliphatic carbocycles. The van der Waals surface area contributed by atoms with Crippen LogP contribution in [0.1, 0.15) is 11.1 Å². The van der Waals surface area contributed by atoms with Crippen LogP contribution in [0.25, 0.3) is 0 Å². The molecule has 0 N–H and O–H groups in total. The summed E-state index contributed by atoms with van der Waals surface area (Å²) >= 11 is 0. The second kappa shape index (κ2) is 6.36. The summed E-state index contributed by atoms with van der Waals surface area (Å²) in [6.45, 7) is 14.1. The average Bonchev–Trinajstić information content (AvgIpc) is 3.13. The lowest BCUT2D eigenvalue weighted by Gasteiger charge is -2.54. The molecule has 4 saturated heterocycles. The van der Waals surface area contributed by atoms with E-state index < -0.39 is 0 Å². The van der Waals surface area contributed by atoms with Crippen molar-refractivity contribution in [3.05, 3.63) is 35.4 Å². The summed E-state index contributed by atoms with van der Waals surface area (Å²) < 4.78 is 1.35. The Morgan fingerprint density at radius 1 is 0.958 bits per heavy atom. The van der Waals surface area contributed by atoms with Gasteiger partial charge < -0.3 is 21.5 Å². The van der Waals surface area contributed by atoms with E-state index in [-0.39, 0.29) is 17.0 Å². The van der Waals surface area contributed by atoms with Gasteiger partial charge in [0.05, 0.1) is 26.2 Å². The predicted molar refractivity (Wildman–Crippen MR) is 92.0 cm³/mol. The van der Waals surface area contributed by atoms with Crippen LogP contribution in [0.15, 0.2) is 24.3 Å². The summed E-state index contributed by atoms with van der Waals surface area (Å²) in [5.74, 6) is 0. The van der Waals surface area contributed by atoms with Crippen molar-refractivity contribution in [2.24, 2.45) is 0 Å². The van der Waals surface area contributed by atoms with Crippen molar-refractivity contribution in [2.45, 2.75) is 25.7 Å². The maximum Gasteiger partial charge on any atom is 0.175 e. The molecule has 4 aliphatic rings. The second-order valence-electron chi connectivity index (χ2n) is 8.06. The number of rotatable bonds is 3. The number of hydrogen-bond acceptors (Lipinski definition) is 3. The van der Waals surface area contributed by atoms with E-state index >= 15 is 0 Å². The molecule has 4 nitrogen and oxygen atoms in total. The van der Waals surface area contributed by atoms with Crippen molar-refractivity contribution < 1.29 is 21.5 Å². The summed E-state index contributed by atoms with van der Waals surface area (Å²) in [5, 5.41) is 0. The van der Waals surface area contributed by atoms with Gasteiger partial charge in [-0.25, -0.2) is 4.90 Å². The lowest BCUT2D eigenvalue weighted by Crippen LogP contribution is -3.00.